The van der Waals surface area contributed by atoms with E-state index in [2.05, 4.69) is 24.8 Å². The number of nitrogens with one attached hydrogen (secondary N) is 1. The van der Waals surface area contributed by atoms with E-state index in [0.29, 0.717) is 22.5 Å². The first-order valence-electron chi connectivity index (χ1n) is 8.41. The summed E-state index contributed by atoms with van der Waals surface area (Å²) in [4.78, 5) is 20.6. The van der Waals surface area contributed by atoms with E-state index in [4.69, 9.17) is 0 Å². The van der Waals surface area contributed by atoms with Crippen LogP contribution in [0.3, 0.4) is 0 Å². The Morgan fingerprint density at radius 3 is 2.46 bits per heavy atom. The van der Waals surface area contributed by atoms with Crippen molar-refractivity contribution in [2.45, 2.75) is 20.1 Å². The van der Waals surface area contributed by atoms with Gasteiger partial charge in [-0.05, 0) is 60.9 Å². The van der Waals surface area contributed by atoms with E-state index >= 15 is 0 Å². The number of aryl methyl sites for hydroxylation is 2. The molecular weight excluding hydrogens is 368 g/mol. The van der Waals surface area contributed by atoms with Crippen LogP contribution in [0.1, 0.15) is 21.5 Å². The summed E-state index contributed by atoms with van der Waals surface area (Å²) >= 11 is 0. The van der Waals surface area contributed by atoms with Gasteiger partial charge in [0.1, 0.15) is 5.82 Å². The zero-order chi connectivity index (χ0) is 19.9. The third-order valence-electron chi connectivity index (χ3n) is 4.33. The van der Waals surface area contributed by atoms with Gasteiger partial charge in [-0.1, -0.05) is 0 Å². The number of pyridine rings is 2. The molecule has 1 aliphatic heterocycles. The van der Waals surface area contributed by atoms with E-state index in [1.165, 1.54) is 12.1 Å². The number of hydrogen-bond donors (Lipinski definition) is 1. The van der Waals surface area contributed by atoms with Crippen molar-refractivity contribution >= 4 is 11.7 Å². The van der Waals surface area contributed by atoms with Crippen LogP contribution in [0.15, 0.2) is 48.9 Å². The van der Waals surface area contributed by atoms with Crippen LogP contribution < -0.4 is 14.8 Å². The van der Waals surface area contributed by atoms with Crippen LogP contribution in [-0.4, -0.2) is 22.2 Å². The van der Waals surface area contributed by atoms with Crippen molar-refractivity contribution in [3.05, 3.63) is 65.6 Å². The highest BCUT2D eigenvalue weighted by Crippen LogP contribution is 2.44. The fraction of sp³-hybridized carbons (Fsp3) is 0.150. The highest BCUT2D eigenvalue weighted by Gasteiger charge is 2.43. The van der Waals surface area contributed by atoms with Crippen LogP contribution in [0.25, 0.3) is 11.1 Å². The van der Waals surface area contributed by atoms with Crippen LogP contribution in [0.4, 0.5) is 14.6 Å². The minimum Gasteiger partial charge on any atom is -0.395 e. The Hall–Kier alpha value is -3.55. The molecular formula is C20H15F2N3O3. The number of alkyl halides is 2. The minimum absolute atomic E-state index is 0.00388. The summed E-state index contributed by atoms with van der Waals surface area (Å²) in [6.45, 7) is 3.57. The molecule has 0 saturated carbocycles. The van der Waals surface area contributed by atoms with Crippen LogP contribution in [0.2, 0.25) is 0 Å². The molecule has 2 aromatic heterocycles. The first-order valence-corrected chi connectivity index (χ1v) is 8.41. The topological polar surface area (TPSA) is 73.3 Å². The first kappa shape index (κ1) is 17.8. The van der Waals surface area contributed by atoms with Crippen molar-refractivity contribution < 1.29 is 23.0 Å². The number of nitrogens with zero attached hydrogens (tertiary/aromatic N) is 2. The van der Waals surface area contributed by atoms with Crippen molar-refractivity contribution in [2.75, 3.05) is 5.32 Å². The summed E-state index contributed by atoms with van der Waals surface area (Å²) < 4.78 is 35.5. The largest absolute Gasteiger partial charge is 0.586 e. The fourth-order valence-corrected chi connectivity index (χ4v) is 2.95. The Labute approximate surface area is 159 Å². The van der Waals surface area contributed by atoms with Gasteiger partial charge in [0.05, 0.1) is 0 Å². The number of anilines is 1. The van der Waals surface area contributed by atoms with Crippen LogP contribution in [-0.2, 0) is 0 Å². The van der Waals surface area contributed by atoms with Crippen molar-refractivity contribution in [1.82, 2.24) is 9.97 Å². The maximum Gasteiger partial charge on any atom is 0.586 e. The van der Waals surface area contributed by atoms with Gasteiger partial charge in [0.25, 0.3) is 5.91 Å². The number of rotatable bonds is 3. The average Bonchev–Trinajstić information content (AvgIpc) is 2.95. The lowest BCUT2D eigenvalue weighted by atomic mass is 10.0. The number of hydrogen-bond acceptors (Lipinski definition) is 5. The molecule has 1 aliphatic rings. The second-order valence-corrected chi connectivity index (χ2v) is 6.36. The Morgan fingerprint density at radius 2 is 1.79 bits per heavy atom. The van der Waals surface area contributed by atoms with Crippen LogP contribution in [0.5, 0.6) is 11.5 Å². The van der Waals surface area contributed by atoms with Crippen molar-refractivity contribution in [3.8, 4) is 22.6 Å². The number of aromatic nitrogens is 2. The van der Waals surface area contributed by atoms with Gasteiger partial charge in [0.15, 0.2) is 11.5 Å². The number of benzene rings is 1. The number of fused-ring (bicyclic) bond motifs is 1. The lowest BCUT2D eigenvalue weighted by molar-refractivity contribution is -0.286. The molecule has 3 aromatic rings. The molecule has 0 atom stereocenters. The number of carbonyl (C=O) groups is 1. The smallest absolute Gasteiger partial charge is 0.395 e. The maximum atomic E-state index is 13.2. The Bertz CT molecular complexity index is 1070. The maximum absolute atomic E-state index is 13.2. The van der Waals surface area contributed by atoms with Gasteiger partial charge in [-0.25, -0.2) is 4.98 Å². The number of amides is 1. The van der Waals surface area contributed by atoms with Crippen LogP contribution >= 0.6 is 0 Å². The van der Waals surface area contributed by atoms with Crippen LogP contribution in [0, 0.1) is 13.8 Å². The van der Waals surface area contributed by atoms with Gasteiger partial charge in [0, 0.05) is 29.7 Å². The van der Waals surface area contributed by atoms with Crippen molar-refractivity contribution in [3.63, 3.8) is 0 Å². The Kier molecular flexibility index (Phi) is 4.18. The summed E-state index contributed by atoms with van der Waals surface area (Å²) in [5.74, 6) is 0.0449. The predicted molar refractivity (Wildman–Crippen MR) is 97.5 cm³/mol. The second kappa shape index (κ2) is 6.56. The van der Waals surface area contributed by atoms with Gasteiger partial charge in [0.2, 0.25) is 0 Å². The normalized spacial score (nSPS) is 14.0. The quantitative estimate of drug-likeness (QED) is 0.729. The molecule has 1 amide bonds. The highest BCUT2D eigenvalue weighted by atomic mass is 19.3. The average molecular weight is 383 g/mol. The molecule has 8 heteroatoms. The summed E-state index contributed by atoms with van der Waals surface area (Å²) in [5.41, 5.74) is 3.36. The molecule has 0 fully saturated rings. The lowest BCUT2D eigenvalue weighted by Crippen LogP contribution is -2.25. The molecule has 4 rings (SSSR count). The third-order valence-corrected chi connectivity index (χ3v) is 4.33. The Morgan fingerprint density at radius 1 is 1.04 bits per heavy atom. The zero-order valence-corrected chi connectivity index (χ0v) is 15.0. The molecule has 0 aliphatic carbocycles. The molecule has 0 bridgehead atoms. The van der Waals surface area contributed by atoms with E-state index < -0.39 is 6.29 Å². The van der Waals surface area contributed by atoms with Gasteiger partial charge in [-0.3, -0.25) is 9.78 Å². The van der Waals surface area contributed by atoms with Gasteiger partial charge >= 0.3 is 6.29 Å². The number of carbonyl (C=O) groups excluding carboxylic acids is 1. The van der Waals surface area contributed by atoms with E-state index in [1.807, 2.05) is 0 Å². The molecule has 0 saturated heterocycles. The monoisotopic (exact) mass is 383 g/mol. The molecule has 28 heavy (non-hydrogen) atoms. The standard InChI is InChI=1S/C20H15F2N3O3/c1-11-7-16-17(28-20(21,22)27-16)8-15(11)13-3-4-18(24-10-13)25-19(26)14-5-6-23-9-12(14)2/h3-10H,1-2H3,(H,24,25,26). The van der Waals surface area contributed by atoms with Crippen molar-refractivity contribution in [1.29, 1.82) is 0 Å². The number of halogens is 2. The van der Waals surface area contributed by atoms with Crippen molar-refractivity contribution in [2.24, 2.45) is 0 Å². The third kappa shape index (κ3) is 3.36. The molecule has 142 valence electrons. The van der Waals surface area contributed by atoms with Gasteiger partial charge in [-0.15, -0.1) is 8.78 Å². The van der Waals surface area contributed by atoms with Gasteiger partial charge < -0.3 is 14.8 Å². The zero-order valence-electron chi connectivity index (χ0n) is 15.0. The molecule has 1 aromatic carbocycles. The second-order valence-electron chi connectivity index (χ2n) is 6.36. The Balaban J connectivity index is 1.56. The van der Waals surface area contributed by atoms with E-state index in [1.54, 1.807) is 50.6 Å². The molecule has 3 heterocycles. The van der Waals surface area contributed by atoms with Gasteiger partial charge in [-0.2, -0.15) is 0 Å². The SMILES string of the molecule is Cc1cnccc1C(=O)Nc1ccc(-c2cc3c(cc2C)OC(F)(F)O3)cn1. The lowest BCUT2D eigenvalue weighted by Gasteiger charge is -2.09. The molecule has 1 N–H and O–H groups in total. The summed E-state index contributed by atoms with van der Waals surface area (Å²) in [6.07, 6.45) is 1.05. The minimum atomic E-state index is -3.66. The number of ether oxygens (including phenoxy) is 2. The van der Waals surface area contributed by atoms with E-state index in [9.17, 15) is 13.6 Å². The van der Waals surface area contributed by atoms with E-state index in [-0.39, 0.29) is 17.4 Å². The first-order chi connectivity index (χ1) is 13.3. The molecule has 0 unspecified atom stereocenters. The summed E-state index contributed by atoms with van der Waals surface area (Å²) in [5, 5.41) is 2.72. The molecule has 0 radical (unpaired) electrons. The predicted octanol–water partition coefficient (Wildman–Crippen LogP) is 4.33. The summed E-state index contributed by atoms with van der Waals surface area (Å²) in [7, 11) is 0. The van der Waals surface area contributed by atoms with E-state index in [0.717, 1.165) is 11.1 Å². The molecule has 6 nitrogen and oxygen atoms in total. The molecule has 0 spiro atoms. The highest BCUT2D eigenvalue weighted by molar-refractivity contribution is 6.04. The summed E-state index contributed by atoms with van der Waals surface area (Å²) in [6, 6.07) is 7.99. The fourth-order valence-electron chi connectivity index (χ4n) is 2.95.